The van der Waals surface area contributed by atoms with Gasteiger partial charge in [-0.1, -0.05) is 104 Å². The van der Waals surface area contributed by atoms with Crippen LogP contribution in [-0.4, -0.2) is 68.5 Å². The smallest absolute Gasteiger partial charge is 0.268 e. The molecular formula is C28H59N2O6P. The first-order chi connectivity index (χ1) is 17.5. The second kappa shape index (κ2) is 22.3. The van der Waals surface area contributed by atoms with Gasteiger partial charge in [0.2, 0.25) is 5.91 Å². The fourth-order valence-electron chi connectivity index (χ4n) is 4.09. The lowest BCUT2D eigenvalue weighted by Crippen LogP contribution is -2.46. The molecule has 222 valence electrons. The predicted octanol–water partition coefficient (Wildman–Crippen LogP) is 5.71. The highest BCUT2D eigenvalue weighted by atomic mass is 31.2. The van der Waals surface area contributed by atoms with E-state index in [1.165, 1.54) is 51.4 Å². The van der Waals surface area contributed by atoms with Crippen LogP contribution >= 0.6 is 7.82 Å². The zero-order valence-corrected chi connectivity index (χ0v) is 25.6. The van der Waals surface area contributed by atoms with Crippen LogP contribution in [0.15, 0.2) is 0 Å². The van der Waals surface area contributed by atoms with Crippen molar-refractivity contribution in [3.05, 3.63) is 0 Å². The Morgan fingerprint density at radius 3 is 1.84 bits per heavy atom. The summed E-state index contributed by atoms with van der Waals surface area (Å²) in [5.74, 6) is -0.186. The van der Waals surface area contributed by atoms with Crippen LogP contribution in [0, 0.1) is 0 Å². The molecule has 0 aliphatic heterocycles. The lowest BCUT2D eigenvalue weighted by atomic mass is 10.0. The molecule has 0 aliphatic carbocycles. The number of amides is 1. The Labute approximate surface area is 228 Å². The van der Waals surface area contributed by atoms with Crippen molar-refractivity contribution in [3.63, 3.8) is 0 Å². The molecule has 0 aromatic rings. The molecule has 0 spiro atoms. The molecule has 0 radical (unpaired) electrons. The number of aliphatic hydroxyl groups excluding tert-OH is 1. The van der Waals surface area contributed by atoms with Gasteiger partial charge in [-0.2, -0.15) is 0 Å². The summed E-state index contributed by atoms with van der Waals surface area (Å²) in [5.41, 5.74) is 0. The second-order valence-corrected chi connectivity index (χ2v) is 12.9. The molecule has 3 atom stereocenters. The number of unbranched alkanes of at least 4 members (excludes halogenated alkanes) is 13. The van der Waals surface area contributed by atoms with Crippen molar-refractivity contribution < 1.29 is 32.9 Å². The third-order valence-corrected chi connectivity index (χ3v) is 7.56. The SMILES string of the molecule is CCCCCCCCCCCCCC(O)C(COP(=O)([O-])OCC[N+](C)(C)C)NC(=O)CCCCCC. The predicted molar refractivity (Wildman–Crippen MR) is 150 cm³/mol. The quantitative estimate of drug-likeness (QED) is 0.0811. The summed E-state index contributed by atoms with van der Waals surface area (Å²) >= 11 is 0. The van der Waals surface area contributed by atoms with E-state index < -0.39 is 20.0 Å². The second-order valence-electron chi connectivity index (χ2n) is 11.5. The van der Waals surface area contributed by atoms with Crippen LogP contribution in [0.4, 0.5) is 0 Å². The molecule has 0 saturated heterocycles. The van der Waals surface area contributed by atoms with E-state index in [2.05, 4.69) is 19.2 Å². The first-order valence-corrected chi connectivity index (χ1v) is 16.3. The number of rotatable bonds is 26. The Hall–Kier alpha value is -0.500. The maximum atomic E-state index is 12.4. The molecule has 0 fully saturated rings. The van der Waals surface area contributed by atoms with Gasteiger partial charge in [-0.15, -0.1) is 0 Å². The van der Waals surface area contributed by atoms with Gasteiger partial charge < -0.3 is 28.8 Å². The maximum absolute atomic E-state index is 12.4. The molecule has 0 aromatic carbocycles. The van der Waals surface area contributed by atoms with Gasteiger partial charge in [-0.05, 0) is 12.8 Å². The molecule has 9 heteroatoms. The Balaban J connectivity index is 4.50. The third-order valence-electron chi connectivity index (χ3n) is 6.60. The van der Waals surface area contributed by atoms with Crippen LogP contribution in [0.1, 0.15) is 123 Å². The molecule has 8 nitrogen and oxygen atoms in total. The van der Waals surface area contributed by atoms with Crippen LogP contribution < -0.4 is 10.2 Å². The number of hydrogen-bond donors (Lipinski definition) is 2. The van der Waals surface area contributed by atoms with Crippen molar-refractivity contribution in [3.8, 4) is 0 Å². The maximum Gasteiger partial charge on any atom is 0.268 e. The van der Waals surface area contributed by atoms with Gasteiger partial charge in [0.05, 0.1) is 39.9 Å². The molecule has 0 heterocycles. The normalized spacial score (nSPS) is 15.3. The number of nitrogens with one attached hydrogen (secondary N) is 1. The van der Waals surface area contributed by atoms with E-state index in [9.17, 15) is 19.4 Å². The molecule has 3 unspecified atom stereocenters. The van der Waals surface area contributed by atoms with Crippen LogP contribution in [0.5, 0.6) is 0 Å². The Bertz CT molecular complexity index is 600. The summed E-state index contributed by atoms with van der Waals surface area (Å²) in [6.45, 7) is 4.54. The summed E-state index contributed by atoms with van der Waals surface area (Å²) in [4.78, 5) is 24.6. The van der Waals surface area contributed by atoms with E-state index in [-0.39, 0.29) is 19.1 Å². The van der Waals surface area contributed by atoms with Gasteiger partial charge >= 0.3 is 0 Å². The van der Waals surface area contributed by atoms with Crippen LogP contribution in [-0.2, 0) is 18.4 Å². The van der Waals surface area contributed by atoms with Crippen LogP contribution in [0.3, 0.4) is 0 Å². The highest BCUT2D eigenvalue weighted by molar-refractivity contribution is 7.45. The zero-order valence-electron chi connectivity index (χ0n) is 24.7. The standard InChI is InChI=1S/C28H59N2O6P/c1-6-8-10-12-13-14-15-16-17-18-19-21-27(31)26(29-28(32)22-20-11-9-7-2)25-36-37(33,34)35-24-23-30(3,4)5/h26-27,31H,6-25H2,1-5H3,(H-,29,32,33,34). The fourth-order valence-corrected chi connectivity index (χ4v) is 4.82. The first-order valence-electron chi connectivity index (χ1n) is 14.9. The number of aliphatic hydroxyl groups is 1. The van der Waals surface area contributed by atoms with E-state index in [0.717, 1.165) is 44.9 Å². The minimum Gasteiger partial charge on any atom is -0.756 e. The molecule has 1 amide bonds. The van der Waals surface area contributed by atoms with Gasteiger partial charge in [0.25, 0.3) is 7.82 Å². The van der Waals surface area contributed by atoms with E-state index in [0.29, 0.717) is 23.9 Å². The number of carbonyl (C=O) groups excluding carboxylic acids is 1. The number of carbonyl (C=O) groups is 1. The summed E-state index contributed by atoms with van der Waals surface area (Å²) in [6.07, 6.45) is 17.2. The topological polar surface area (TPSA) is 108 Å². The van der Waals surface area contributed by atoms with E-state index >= 15 is 0 Å². The number of likely N-dealkylation sites (N-methyl/N-ethyl adjacent to an activating group) is 1. The number of hydrogen-bond acceptors (Lipinski definition) is 6. The number of nitrogens with zero attached hydrogens (tertiary/aromatic N) is 1. The zero-order chi connectivity index (χ0) is 28.0. The highest BCUT2D eigenvalue weighted by Gasteiger charge is 2.24. The van der Waals surface area contributed by atoms with E-state index in [1.54, 1.807) is 0 Å². The first kappa shape index (κ1) is 36.5. The number of quaternary nitrogens is 1. The van der Waals surface area contributed by atoms with Crippen molar-refractivity contribution >= 4 is 13.7 Å². The van der Waals surface area contributed by atoms with Crippen LogP contribution in [0.2, 0.25) is 0 Å². The summed E-state index contributed by atoms with van der Waals surface area (Å²) in [7, 11) is 1.30. The summed E-state index contributed by atoms with van der Waals surface area (Å²) in [5, 5.41) is 13.6. The van der Waals surface area contributed by atoms with Crippen molar-refractivity contribution in [2.45, 2.75) is 135 Å². The van der Waals surface area contributed by atoms with Crippen LogP contribution in [0.25, 0.3) is 0 Å². The monoisotopic (exact) mass is 550 g/mol. The molecule has 0 rings (SSSR count). The summed E-state index contributed by atoms with van der Waals surface area (Å²) in [6, 6.07) is -0.786. The van der Waals surface area contributed by atoms with Gasteiger partial charge in [-0.3, -0.25) is 9.36 Å². The average molecular weight is 551 g/mol. The molecule has 0 aromatic heterocycles. The average Bonchev–Trinajstić information content (AvgIpc) is 2.81. The van der Waals surface area contributed by atoms with Gasteiger partial charge in [-0.25, -0.2) is 0 Å². The van der Waals surface area contributed by atoms with E-state index in [1.807, 2.05) is 21.1 Å². The minimum atomic E-state index is -4.52. The molecule has 0 aliphatic rings. The molecule has 2 N–H and O–H groups in total. The van der Waals surface area contributed by atoms with Gasteiger partial charge in [0.15, 0.2) is 0 Å². The largest absolute Gasteiger partial charge is 0.756 e. The molecule has 0 bridgehead atoms. The highest BCUT2D eigenvalue weighted by Crippen LogP contribution is 2.38. The van der Waals surface area contributed by atoms with E-state index in [4.69, 9.17) is 9.05 Å². The van der Waals surface area contributed by atoms with Gasteiger partial charge in [0, 0.05) is 6.42 Å². The Morgan fingerprint density at radius 1 is 0.838 bits per heavy atom. The molecular weight excluding hydrogens is 491 g/mol. The number of phosphoric ester groups is 1. The lowest BCUT2D eigenvalue weighted by Gasteiger charge is -2.30. The third kappa shape index (κ3) is 24.3. The van der Waals surface area contributed by atoms with Crippen molar-refractivity contribution in [2.24, 2.45) is 0 Å². The molecule has 0 saturated carbocycles. The fraction of sp³-hybridized carbons (Fsp3) is 0.964. The van der Waals surface area contributed by atoms with Crippen molar-refractivity contribution in [1.29, 1.82) is 0 Å². The Morgan fingerprint density at radius 2 is 1.32 bits per heavy atom. The van der Waals surface area contributed by atoms with Crippen molar-refractivity contribution in [2.75, 3.05) is 40.9 Å². The Kier molecular flexibility index (Phi) is 22.0. The number of phosphoric acid groups is 1. The van der Waals surface area contributed by atoms with Gasteiger partial charge in [0.1, 0.15) is 13.2 Å². The summed E-state index contributed by atoms with van der Waals surface area (Å²) < 4.78 is 22.8. The molecule has 37 heavy (non-hydrogen) atoms. The minimum absolute atomic E-state index is 0.0139. The lowest BCUT2D eigenvalue weighted by molar-refractivity contribution is -0.870. The van der Waals surface area contributed by atoms with Crippen molar-refractivity contribution in [1.82, 2.24) is 5.32 Å².